The predicted octanol–water partition coefficient (Wildman–Crippen LogP) is 3.49. The highest BCUT2D eigenvalue weighted by molar-refractivity contribution is 6.31. The molecule has 11 heteroatoms. The van der Waals surface area contributed by atoms with Gasteiger partial charge in [-0.15, -0.1) is 0 Å². The summed E-state index contributed by atoms with van der Waals surface area (Å²) in [6.45, 7) is 1.12. The van der Waals surface area contributed by atoms with Crippen LogP contribution in [0.15, 0.2) is 69.5 Å². The lowest BCUT2D eigenvalue weighted by molar-refractivity contribution is -0.786. The Morgan fingerprint density at radius 1 is 1.17 bits per heavy atom. The first-order valence-electron chi connectivity index (χ1n) is 16.4. The van der Waals surface area contributed by atoms with Gasteiger partial charge in [0, 0.05) is 45.7 Å². The van der Waals surface area contributed by atoms with Crippen molar-refractivity contribution >= 4 is 50.8 Å². The molecule has 3 aromatic heterocycles. The minimum absolute atomic E-state index is 0.0835. The van der Waals surface area contributed by atoms with E-state index in [0.717, 1.165) is 83.3 Å². The SMILES string of the molecule is C[NH+](C)c1ccc2c(CC(=O)NCc3c[n+](CCCCC4=CC5Cc6[nH+]c7cc(Cl)ccc7c(N)c6C(C4)C5)[nH]n3)cc(=O)oc2c1. The first-order valence-corrected chi connectivity index (χ1v) is 16.8. The van der Waals surface area contributed by atoms with Crippen LogP contribution in [0.4, 0.5) is 11.4 Å². The average Bonchev–Trinajstić information content (AvgIpc) is 3.49. The molecule has 0 aliphatic heterocycles. The molecule has 0 fully saturated rings. The third kappa shape index (κ3) is 6.66. The second-order valence-electron chi connectivity index (χ2n) is 13.3. The Balaban J connectivity index is 0.894. The van der Waals surface area contributed by atoms with E-state index in [0.29, 0.717) is 34.5 Å². The lowest BCUT2D eigenvalue weighted by Gasteiger charge is -2.34. The Hall–Kier alpha value is -4.54. The lowest BCUT2D eigenvalue weighted by Crippen LogP contribution is -3.00. The zero-order chi connectivity index (χ0) is 32.7. The third-order valence-corrected chi connectivity index (χ3v) is 9.85. The van der Waals surface area contributed by atoms with Crippen molar-refractivity contribution in [3.05, 3.63) is 98.3 Å². The molecule has 0 saturated carbocycles. The molecule has 2 aromatic carbocycles. The second-order valence-corrected chi connectivity index (χ2v) is 13.7. The zero-order valence-electron chi connectivity index (χ0n) is 26.8. The van der Waals surface area contributed by atoms with Crippen molar-refractivity contribution in [2.75, 3.05) is 19.8 Å². The van der Waals surface area contributed by atoms with Gasteiger partial charge in [-0.25, -0.2) is 9.78 Å². The van der Waals surface area contributed by atoms with E-state index in [-0.39, 0.29) is 12.3 Å². The fourth-order valence-electron chi connectivity index (χ4n) is 7.38. The first kappa shape index (κ1) is 31.1. The molecule has 1 amide bonds. The molecule has 242 valence electrons. The molecule has 3 heterocycles. The molecule has 0 radical (unpaired) electrons. The van der Waals surface area contributed by atoms with E-state index in [1.807, 2.05) is 61.4 Å². The highest BCUT2D eigenvalue weighted by Gasteiger charge is 2.36. The van der Waals surface area contributed by atoms with Crippen LogP contribution in [0, 0.1) is 5.92 Å². The lowest BCUT2D eigenvalue weighted by atomic mass is 9.70. The van der Waals surface area contributed by atoms with Gasteiger partial charge >= 0.3 is 5.63 Å². The van der Waals surface area contributed by atoms with Crippen LogP contribution < -0.4 is 31.2 Å². The van der Waals surface area contributed by atoms with Gasteiger partial charge in [0.15, 0.2) is 11.9 Å². The maximum absolute atomic E-state index is 12.8. The molecule has 2 unspecified atom stereocenters. The number of hydrogen-bond acceptors (Lipinski definition) is 5. The molecular weight excluding hydrogens is 614 g/mol. The number of fused-ring (bicyclic) bond motifs is 6. The van der Waals surface area contributed by atoms with Crippen molar-refractivity contribution in [1.82, 2.24) is 15.6 Å². The number of rotatable bonds is 10. The topological polar surface area (TPSA) is 136 Å². The summed E-state index contributed by atoms with van der Waals surface area (Å²) in [5.74, 6) is 0.812. The number of carbonyl (C=O) groups excluding carboxylic acids is 1. The number of allylic oxidation sites excluding steroid dienone is 2. The third-order valence-electron chi connectivity index (χ3n) is 9.61. The summed E-state index contributed by atoms with van der Waals surface area (Å²) in [5, 5.41) is 12.9. The summed E-state index contributed by atoms with van der Waals surface area (Å²) >= 11 is 6.25. The number of hydrogen-bond donors (Lipinski definition) is 4. The molecule has 2 aliphatic rings. The number of halogens is 1. The number of nitrogens with one attached hydrogen (secondary N) is 4. The fraction of sp³-hybridized carbons (Fsp3) is 0.361. The van der Waals surface area contributed by atoms with Gasteiger partial charge in [-0.05, 0) is 73.8 Å². The molecular formula is C36H41ClN7O3+3. The van der Waals surface area contributed by atoms with Crippen LogP contribution in [0.2, 0.25) is 5.02 Å². The molecule has 47 heavy (non-hydrogen) atoms. The summed E-state index contributed by atoms with van der Waals surface area (Å²) in [4.78, 5) is 29.7. The maximum Gasteiger partial charge on any atom is 0.336 e. The Kier molecular flexibility index (Phi) is 8.55. The van der Waals surface area contributed by atoms with Crippen molar-refractivity contribution < 1.29 is 23.8 Å². The van der Waals surface area contributed by atoms with Gasteiger partial charge in [0.2, 0.25) is 17.1 Å². The van der Waals surface area contributed by atoms with Crippen LogP contribution in [-0.2, 0) is 30.7 Å². The molecule has 6 N–H and O–H groups in total. The smallest absolute Gasteiger partial charge is 0.336 e. The highest BCUT2D eigenvalue weighted by atomic mass is 35.5. The van der Waals surface area contributed by atoms with Crippen molar-refractivity contribution in [2.24, 2.45) is 5.92 Å². The van der Waals surface area contributed by atoms with E-state index >= 15 is 0 Å². The van der Waals surface area contributed by atoms with Gasteiger partial charge in [0.05, 0.1) is 38.1 Å². The number of nitrogens with zero attached hydrogens (tertiary/aromatic N) is 2. The number of aryl methyl sites for hydroxylation is 1. The van der Waals surface area contributed by atoms with Crippen LogP contribution in [-0.4, -0.2) is 30.3 Å². The van der Waals surface area contributed by atoms with Crippen molar-refractivity contribution in [1.29, 1.82) is 0 Å². The molecule has 2 aliphatic carbocycles. The monoisotopic (exact) mass is 654 g/mol. The van der Waals surface area contributed by atoms with Gasteiger partial charge in [0.25, 0.3) is 0 Å². The van der Waals surface area contributed by atoms with E-state index in [4.69, 9.17) is 21.8 Å². The van der Waals surface area contributed by atoms with E-state index in [1.165, 1.54) is 22.9 Å². The largest absolute Gasteiger partial charge is 0.422 e. The number of pyridine rings is 1. The van der Waals surface area contributed by atoms with Gasteiger partial charge in [-0.3, -0.25) is 4.79 Å². The van der Waals surface area contributed by atoms with Crippen LogP contribution in [0.3, 0.4) is 0 Å². The minimum Gasteiger partial charge on any atom is -0.422 e. The van der Waals surface area contributed by atoms with E-state index in [9.17, 15) is 9.59 Å². The predicted molar refractivity (Wildman–Crippen MR) is 180 cm³/mol. The zero-order valence-corrected chi connectivity index (χ0v) is 27.5. The quantitative estimate of drug-likeness (QED) is 0.0791. The van der Waals surface area contributed by atoms with E-state index in [1.54, 1.807) is 0 Å². The molecule has 2 bridgehead atoms. The summed E-state index contributed by atoms with van der Waals surface area (Å²) in [5.41, 5.74) is 15.2. The summed E-state index contributed by atoms with van der Waals surface area (Å²) in [7, 11) is 4.01. The van der Waals surface area contributed by atoms with Crippen LogP contribution in [0.5, 0.6) is 0 Å². The number of H-pyrrole nitrogens is 2. The number of aromatic amines is 2. The number of unbranched alkanes of at least 4 members (excludes halogenated alkanes) is 1. The van der Waals surface area contributed by atoms with Crippen LogP contribution >= 0.6 is 11.6 Å². The number of nitrogen functional groups attached to an aromatic ring is 1. The van der Waals surface area contributed by atoms with Crippen LogP contribution in [0.25, 0.3) is 21.9 Å². The van der Waals surface area contributed by atoms with Gasteiger partial charge in [-0.2, -0.15) is 4.68 Å². The number of anilines is 1. The number of amides is 1. The number of quaternary nitrogens is 1. The van der Waals surface area contributed by atoms with Crippen LogP contribution in [0.1, 0.15) is 60.5 Å². The maximum atomic E-state index is 12.8. The Morgan fingerprint density at radius 2 is 2.02 bits per heavy atom. The Bertz CT molecular complexity index is 2080. The molecule has 2 atom stereocenters. The number of nitrogens with two attached hydrogens (primary N) is 1. The highest BCUT2D eigenvalue weighted by Crippen LogP contribution is 2.46. The van der Waals surface area contributed by atoms with Gasteiger partial charge in [0.1, 0.15) is 17.8 Å². The number of aromatic nitrogens is 4. The molecule has 5 aromatic rings. The number of carbonyl (C=O) groups is 1. The van der Waals surface area contributed by atoms with E-state index < -0.39 is 5.63 Å². The second kappa shape index (κ2) is 12.9. The van der Waals surface area contributed by atoms with Gasteiger partial charge < -0.3 is 20.4 Å². The minimum atomic E-state index is -0.462. The molecule has 0 saturated heterocycles. The molecule has 0 spiro atoms. The summed E-state index contributed by atoms with van der Waals surface area (Å²) < 4.78 is 7.37. The summed E-state index contributed by atoms with van der Waals surface area (Å²) in [6, 6.07) is 13.0. The average molecular weight is 655 g/mol. The molecule has 10 nitrogen and oxygen atoms in total. The summed E-state index contributed by atoms with van der Waals surface area (Å²) in [6.07, 6.45) is 10.9. The van der Waals surface area contributed by atoms with Crippen molar-refractivity contribution in [2.45, 2.75) is 64.0 Å². The van der Waals surface area contributed by atoms with E-state index in [2.05, 4.69) is 26.7 Å². The number of benzene rings is 2. The van der Waals surface area contributed by atoms with Crippen molar-refractivity contribution in [3.8, 4) is 0 Å². The van der Waals surface area contributed by atoms with Gasteiger partial charge in [-0.1, -0.05) is 28.5 Å². The van der Waals surface area contributed by atoms with Crippen molar-refractivity contribution in [3.63, 3.8) is 0 Å². The normalized spacial score (nSPS) is 17.2. The Labute approximate surface area is 277 Å². The fourth-order valence-corrected chi connectivity index (χ4v) is 7.55. The Morgan fingerprint density at radius 3 is 2.87 bits per heavy atom. The first-order chi connectivity index (χ1) is 22.7. The molecule has 7 rings (SSSR count). The standard InChI is InChI=1S/C36H38ClN7O3/c1-43(2)27-7-9-28-23(16-34(46)47-32(28)18-27)15-33(45)39-19-26-20-44(42-41-26)10-4-3-5-21-11-22-13-24(12-21)35-31(14-22)40-30-17-25(37)6-8-29(30)36(35)38/h6-9,11,16-18,20,22,24H,3-5,10,12-15,19H2,1-2H3,(H3,38,39,40,45)/p+3.